The minimum Gasteiger partial charge on any atom is -0.391 e. The van der Waals surface area contributed by atoms with Gasteiger partial charge in [-0.1, -0.05) is 39.5 Å². The summed E-state index contributed by atoms with van der Waals surface area (Å²) in [6.07, 6.45) is 7.46. The van der Waals surface area contributed by atoms with Crippen molar-refractivity contribution in [1.82, 2.24) is 10.2 Å². The molecule has 0 radical (unpaired) electrons. The van der Waals surface area contributed by atoms with Gasteiger partial charge in [0.15, 0.2) is 0 Å². The van der Waals surface area contributed by atoms with Crippen LogP contribution in [-0.2, 0) is 4.79 Å². The largest absolute Gasteiger partial charge is 0.391 e. The summed E-state index contributed by atoms with van der Waals surface area (Å²) in [6.45, 7) is 4.94. The molecule has 0 aromatic carbocycles. The highest BCUT2D eigenvalue weighted by Crippen LogP contribution is 2.29. The van der Waals surface area contributed by atoms with Gasteiger partial charge in [-0.25, -0.2) is 0 Å². The molecule has 2 saturated carbocycles. The van der Waals surface area contributed by atoms with Crippen molar-refractivity contribution >= 4 is 5.91 Å². The molecule has 4 heteroatoms. The Balaban J connectivity index is 1.80. The summed E-state index contributed by atoms with van der Waals surface area (Å²) in [6, 6.07) is 0.470. The summed E-state index contributed by atoms with van der Waals surface area (Å²) in [5, 5.41) is 13.3. The zero-order valence-corrected chi connectivity index (χ0v) is 13.8. The lowest BCUT2D eigenvalue weighted by molar-refractivity contribution is -0.124. The second-order valence-corrected chi connectivity index (χ2v) is 7.28. The van der Waals surface area contributed by atoms with E-state index in [-0.39, 0.29) is 18.1 Å². The van der Waals surface area contributed by atoms with E-state index >= 15 is 0 Å². The molecule has 0 heterocycles. The highest BCUT2D eigenvalue weighted by atomic mass is 16.3. The van der Waals surface area contributed by atoms with Crippen molar-refractivity contribution in [1.29, 1.82) is 0 Å². The molecule has 2 rings (SSSR count). The number of hydrogen-bond donors (Lipinski definition) is 2. The van der Waals surface area contributed by atoms with Crippen molar-refractivity contribution in [2.75, 3.05) is 13.6 Å². The molecule has 0 bridgehead atoms. The van der Waals surface area contributed by atoms with Crippen molar-refractivity contribution < 1.29 is 9.90 Å². The average molecular weight is 296 g/mol. The van der Waals surface area contributed by atoms with Gasteiger partial charge in [0.2, 0.25) is 5.91 Å². The number of carbonyl (C=O) groups excluding carboxylic acids is 1. The zero-order valence-electron chi connectivity index (χ0n) is 13.8. The molecule has 122 valence electrons. The lowest BCUT2D eigenvalue weighted by atomic mass is 9.78. The van der Waals surface area contributed by atoms with Crippen molar-refractivity contribution in [3.8, 4) is 0 Å². The maximum atomic E-state index is 12.3. The summed E-state index contributed by atoms with van der Waals surface area (Å²) in [4.78, 5) is 14.3. The number of hydrogen-bond acceptors (Lipinski definition) is 3. The van der Waals surface area contributed by atoms with Crippen LogP contribution >= 0.6 is 0 Å². The summed E-state index contributed by atoms with van der Waals surface area (Å²) in [7, 11) is 1.96. The molecule has 21 heavy (non-hydrogen) atoms. The Bertz CT molecular complexity index is 348. The highest BCUT2D eigenvalue weighted by molar-refractivity contribution is 5.78. The third kappa shape index (κ3) is 4.43. The SMILES string of the molecule is CC1CCCC(NC(=O)CN(C)C2CCCCC2O)C1C. The van der Waals surface area contributed by atoms with E-state index in [9.17, 15) is 9.90 Å². The molecule has 0 saturated heterocycles. The lowest BCUT2D eigenvalue weighted by Gasteiger charge is -2.37. The molecule has 5 atom stereocenters. The van der Waals surface area contributed by atoms with E-state index in [0.717, 1.165) is 32.1 Å². The fourth-order valence-corrected chi connectivity index (χ4v) is 3.99. The lowest BCUT2D eigenvalue weighted by Crippen LogP contribution is -2.50. The molecular weight excluding hydrogens is 264 g/mol. The first-order valence-corrected chi connectivity index (χ1v) is 8.66. The topological polar surface area (TPSA) is 52.6 Å². The van der Waals surface area contributed by atoms with Crippen LogP contribution in [0.3, 0.4) is 0 Å². The maximum Gasteiger partial charge on any atom is 0.234 e. The summed E-state index contributed by atoms with van der Waals surface area (Å²) >= 11 is 0. The van der Waals surface area contributed by atoms with Crippen LogP contribution in [0.5, 0.6) is 0 Å². The second kappa shape index (κ2) is 7.59. The summed E-state index contributed by atoms with van der Waals surface area (Å²) < 4.78 is 0. The Morgan fingerprint density at radius 3 is 2.57 bits per heavy atom. The van der Waals surface area contributed by atoms with Gasteiger partial charge in [-0.3, -0.25) is 9.69 Å². The third-order valence-corrected chi connectivity index (χ3v) is 5.71. The number of nitrogens with one attached hydrogen (secondary N) is 1. The molecule has 5 unspecified atom stereocenters. The standard InChI is InChI=1S/C17H32N2O2/c1-12-7-6-8-14(13(12)2)18-17(21)11-19(3)15-9-4-5-10-16(15)20/h12-16,20H,4-11H2,1-3H3,(H,18,21). The van der Waals surface area contributed by atoms with Crippen LogP contribution < -0.4 is 5.32 Å². The van der Waals surface area contributed by atoms with Gasteiger partial charge in [-0.2, -0.15) is 0 Å². The van der Waals surface area contributed by atoms with E-state index in [2.05, 4.69) is 19.2 Å². The molecule has 2 N–H and O–H groups in total. The van der Waals surface area contributed by atoms with Gasteiger partial charge in [0.1, 0.15) is 0 Å². The fourth-order valence-electron chi connectivity index (χ4n) is 3.99. The average Bonchev–Trinajstić information content (AvgIpc) is 2.44. The highest BCUT2D eigenvalue weighted by Gasteiger charge is 2.30. The molecule has 2 aliphatic rings. The van der Waals surface area contributed by atoms with E-state index in [1.807, 2.05) is 11.9 Å². The summed E-state index contributed by atoms with van der Waals surface area (Å²) in [5.74, 6) is 1.37. The van der Waals surface area contributed by atoms with Crippen LogP contribution in [0.4, 0.5) is 0 Å². The molecule has 0 aromatic rings. The van der Waals surface area contributed by atoms with E-state index in [0.29, 0.717) is 24.4 Å². The van der Waals surface area contributed by atoms with Gasteiger partial charge < -0.3 is 10.4 Å². The number of amides is 1. The molecule has 2 fully saturated rings. The van der Waals surface area contributed by atoms with Crippen LogP contribution in [0.15, 0.2) is 0 Å². The monoisotopic (exact) mass is 296 g/mol. The Kier molecular flexibility index (Phi) is 6.06. The van der Waals surface area contributed by atoms with Crippen molar-refractivity contribution in [3.63, 3.8) is 0 Å². The van der Waals surface area contributed by atoms with E-state index < -0.39 is 0 Å². The van der Waals surface area contributed by atoms with Crippen LogP contribution in [0, 0.1) is 11.8 Å². The van der Waals surface area contributed by atoms with Gasteiger partial charge in [0, 0.05) is 12.1 Å². The first-order valence-electron chi connectivity index (χ1n) is 8.66. The fraction of sp³-hybridized carbons (Fsp3) is 0.941. The van der Waals surface area contributed by atoms with Crippen LogP contribution in [0.1, 0.15) is 58.8 Å². The molecule has 2 aliphatic carbocycles. The van der Waals surface area contributed by atoms with Gasteiger partial charge in [0.05, 0.1) is 12.6 Å². The maximum absolute atomic E-state index is 12.3. The van der Waals surface area contributed by atoms with Crippen LogP contribution in [0.25, 0.3) is 0 Å². The molecule has 0 aliphatic heterocycles. The second-order valence-electron chi connectivity index (χ2n) is 7.28. The molecular formula is C17H32N2O2. The van der Waals surface area contributed by atoms with Gasteiger partial charge in [0.25, 0.3) is 0 Å². The predicted molar refractivity (Wildman–Crippen MR) is 85.0 cm³/mol. The van der Waals surface area contributed by atoms with Crippen molar-refractivity contribution in [2.45, 2.75) is 77.0 Å². The van der Waals surface area contributed by atoms with E-state index in [1.165, 1.54) is 12.8 Å². The number of aliphatic hydroxyl groups is 1. The Hall–Kier alpha value is -0.610. The number of aliphatic hydroxyl groups excluding tert-OH is 1. The number of carbonyl (C=O) groups is 1. The Morgan fingerprint density at radius 2 is 1.86 bits per heavy atom. The first kappa shape index (κ1) is 16.8. The van der Waals surface area contributed by atoms with Gasteiger partial charge in [-0.05, 0) is 38.1 Å². The zero-order chi connectivity index (χ0) is 15.4. The quantitative estimate of drug-likeness (QED) is 0.836. The first-order chi connectivity index (χ1) is 9.99. The van der Waals surface area contributed by atoms with Crippen LogP contribution in [-0.4, -0.2) is 47.7 Å². The number of likely N-dealkylation sites (N-methyl/N-ethyl adjacent to an activating group) is 1. The van der Waals surface area contributed by atoms with E-state index in [4.69, 9.17) is 0 Å². The van der Waals surface area contributed by atoms with E-state index in [1.54, 1.807) is 0 Å². The van der Waals surface area contributed by atoms with Gasteiger partial charge in [-0.15, -0.1) is 0 Å². The normalized spacial score (nSPS) is 37.5. The third-order valence-electron chi connectivity index (χ3n) is 5.71. The minimum atomic E-state index is -0.273. The Morgan fingerprint density at radius 1 is 1.14 bits per heavy atom. The molecule has 1 amide bonds. The minimum absolute atomic E-state index is 0.112. The van der Waals surface area contributed by atoms with Crippen molar-refractivity contribution in [2.24, 2.45) is 11.8 Å². The number of nitrogens with zero attached hydrogens (tertiary/aromatic N) is 1. The Labute approximate surface area is 129 Å². The predicted octanol–water partition coefficient (Wildman–Crippen LogP) is 2.16. The molecule has 0 aromatic heterocycles. The molecule has 4 nitrogen and oxygen atoms in total. The number of rotatable bonds is 4. The molecule has 0 spiro atoms. The van der Waals surface area contributed by atoms with Crippen LogP contribution in [0.2, 0.25) is 0 Å². The summed E-state index contributed by atoms with van der Waals surface area (Å²) in [5.41, 5.74) is 0. The van der Waals surface area contributed by atoms with Gasteiger partial charge >= 0.3 is 0 Å². The smallest absolute Gasteiger partial charge is 0.234 e. The van der Waals surface area contributed by atoms with Crippen molar-refractivity contribution in [3.05, 3.63) is 0 Å².